The summed E-state index contributed by atoms with van der Waals surface area (Å²) in [5.74, 6) is 0.714. The number of amides is 1. The Morgan fingerprint density at radius 2 is 1.87 bits per heavy atom. The van der Waals surface area contributed by atoms with Gasteiger partial charge in [0.05, 0.1) is 18.5 Å². The Kier molecular flexibility index (Phi) is 6.36. The minimum Gasteiger partial charge on any atom is -0.461 e. The zero-order valence-electron chi connectivity index (χ0n) is 17.5. The number of benzene rings is 1. The van der Waals surface area contributed by atoms with Crippen molar-refractivity contribution in [2.75, 3.05) is 26.2 Å². The second kappa shape index (κ2) is 9.34. The van der Waals surface area contributed by atoms with Gasteiger partial charge in [0, 0.05) is 38.7 Å². The Morgan fingerprint density at radius 1 is 1.06 bits per heavy atom. The maximum atomic E-state index is 12.9. The molecule has 31 heavy (non-hydrogen) atoms. The SMILES string of the molecule is CC(=O)OCc1ccc(CN2CCCN(C(=O)CC3OC(=O)c4ccccc43)CC2)o1. The quantitative estimate of drug-likeness (QED) is 0.656. The molecule has 0 bridgehead atoms. The zero-order chi connectivity index (χ0) is 21.8. The lowest BCUT2D eigenvalue weighted by atomic mass is 10.0. The Hall–Kier alpha value is -3.13. The van der Waals surface area contributed by atoms with Crippen LogP contribution in [0.5, 0.6) is 0 Å². The number of hydrogen-bond acceptors (Lipinski definition) is 7. The molecule has 4 rings (SSSR count). The molecule has 0 spiro atoms. The zero-order valence-corrected chi connectivity index (χ0v) is 17.5. The smallest absolute Gasteiger partial charge is 0.339 e. The van der Waals surface area contributed by atoms with Gasteiger partial charge in [0.25, 0.3) is 0 Å². The van der Waals surface area contributed by atoms with Gasteiger partial charge in [-0.3, -0.25) is 14.5 Å². The molecule has 164 valence electrons. The van der Waals surface area contributed by atoms with Gasteiger partial charge < -0.3 is 18.8 Å². The molecule has 1 atom stereocenters. The summed E-state index contributed by atoms with van der Waals surface area (Å²) in [5.41, 5.74) is 1.34. The summed E-state index contributed by atoms with van der Waals surface area (Å²) in [5, 5.41) is 0. The third-order valence-corrected chi connectivity index (χ3v) is 5.59. The maximum Gasteiger partial charge on any atom is 0.339 e. The van der Waals surface area contributed by atoms with E-state index in [2.05, 4.69) is 4.90 Å². The van der Waals surface area contributed by atoms with Gasteiger partial charge >= 0.3 is 11.9 Å². The van der Waals surface area contributed by atoms with E-state index in [1.54, 1.807) is 12.1 Å². The van der Waals surface area contributed by atoms with Crippen LogP contribution in [0.2, 0.25) is 0 Å². The van der Waals surface area contributed by atoms with E-state index in [1.165, 1.54) is 6.92 Å². The van der Waals surface area contributed by atoms with Gasteiger partial charge in [-0.25, -0.2) is 4.79 Å². The predicted octanol–water partition coefficient (Wildman–Crippen LogP) is 2.68. The summed E-state index contributed by atoms with van der Waals surface area (Å²) < 4.78 is 16.1. The van der Waals surface area contributed by atoms with Gasteiger partial charge in [0.1, 0.15) is 24.2 Å². The number of esters is 2. The highest BCUT2D eigenvalue weighted by Crippen LogP contribution is 2.33. The summed E-state index contributed by atoms with van der Waals surface area (Å²) >= 11 is 0. The van der Waals surface area contributed by atoms with Gasteiger partial charge in [-0.1, -0.05) is 18.2 Å². The van der Waals surface area contributed by atoms with Gasteiger partial charge in [0.2, 0.25) is 5.91 Å². The fraction of sp³-hybridized carbons (Fsp3) is 0.435. The Balaban J connectivity index is 1.29. The fourth-order valence-electron chi connectivity index (χ4n) is 4.02. The molecule has 1 aromatic heterocycles. The van der Waals surface area contributed by atoms with E-state index in [0.717, 1.165) is 30.8 Å². The van der Waals surface area contributed by atoms with E-state index in [9.17, 15) is 14.4 Å². The molecule has 8 nitrogen and oxygen atoms in total. The van der Waals surface area contributed by atoms with Crippen molar-refractivity contribution in [2.24, 2.45) is 0 Å². The number of rotatable bonds is 6. The average Bonchev–Trinajstić information content (AvgIpc) is 3.23. The highest BCUT2D eigenvalue weighted by atomic mass is 16.6. The largest absolute Gasteiger partial charge is 0.461 e. The first kappa shape index (κ1) is 21.1. The molecule has 0 saturated carbocycles. The van der Waals surface area contributed by atoms with Crippen LogP contribution in [0.25, 0.3) is 0 Å². The number of nitrogens with zero attached hydrogens (tertiary/aromatic N) is 2. The highest BCUT2D eigenvalue weighted by molar-refractivity contribution is 5.94. The molecule has 2 aromatic rings. The van der Waals surface area contributed by atoms with E-state index in [-0.39, 0.29) is 30.9 Å². The van der Waals surface area contributed by atoms with Crippen LogP contribution in [-0.4, -0.2) is 53.8 Å². The molecule has 1 amide bonds. The molecule has 3 heterocycles. The first-order valence-electron chi connectivity index (χ1n) is 10.5. The van der Waals surface area contributed by atoms with Crippen molar-refractivity contribution in [1.82, 2.24) is 9.80 Å². The van der Waals surface area contributed by atoms with Crippen LogP contribution in [0, 0.1) is 0 Å². The minimum atomic E-state index is -0.505. The van der Waals surface area contributed by atoms with Gasteiger partial charge in [-0.2, -0.15) is 0 Å². The van der Waals surface area contributed by atoms with E-state index in [4.69, 9.17) is 13.9 Å². The standard InChI is InChI=1S/C23H26N2O6/c1-16(26)29-15-18-8-7-17(30-18)14-24-9-4-10-25(12-11-24)22(27)13-21-19-5-2-3-6-20(19)23(28)31-21/h2-3,5-8,21H,4,9-15H2,1H3. The van der Waals surface area contributed by atoms with E-state index in [0.29, 0.717) is 31.0 Å². The van der Waals surface area contributed by atoms with E-state index >= 15 is 0 Å². The summed E-state index contributed by atoms with van der Waals surface area (Å²) in [7, 11) is 0. The summed E-state index contributed by atoms with van der Waals surface area (Å²) in [6.07, 6.45) is 0.517. The van der Waals surface area contributed by atoms with Crippen molar-refractivity contribution in [2.45, 2.75) is 39.0 Å². The molecule has 1 aromatic carbocycles. The van der Waals surface area contributed by atoms with Crippen LogP contribution < -0.4 is 0 Å². The third kappa shape index (κ3) is 5.14. The molecular weight excluding hydrogens is 400 g/mol. The second-order valence-electron chi connectivity index (χ2n) is 7.84. The number of hydrogen-bond donors (Lipinski definition) is 0. The molecule has 0 radical (unpaired) electrons. The summed E-state index contributed by atoms with van der Waals surface area (Å²) in [6.45, 7) is 5.00. The van der Waals surface area contributed by atoms with Gasteiger partial charge in [-0.15, -0.1) is 0 Å². The van der Waals surface area contributed by atoms with E-state index < -0.39 is 6.10 Å². The monoisotopic (exact) mass is 426 g/mol. The van der Waals surface area contributed by atoms with Crippen molar-refractivity contribution in [1.29, 1.82) is 0 Å². The number of furan rings is 1. The predicted molar refractivity (Wildman–Crippen MR) is 110 cm³/mol. The topological polar surface area (TPSA) is 89.3 Å². The van der Waals surface area contributed by atoms with Crippen molar-refractivity contribution in [3.8, 4) is 0 Å². The van der Waals surface area contributed by atoms with Crippen LogP contribution in [-0.2, 0) is 32.2 Å². The van der Waals surface area contributed by atoms with Crippen molar-refractivity contribution >= 4 is 17.8 Å². The number of carbonyl (C=O) groups is 3. The molecule has 8 heteroatoms. The normalized spacial score (nSPS) is 18.9. The number of cyclic esters (lactones) is 1. The molecule has 1 fully saturated rings. The maximum absolute atomic E-state index is 12.9. The van der Waals surface area contributed by atoms with E-state index in [1.807, 2.05) is 29.2 Å². The summed E-state index contributed by atoms with van der Waals surface area (Å²) in [6, 6.07) is 10.9. The summed E-state index contributed by atoms with van der Waals surface area (Å²) in [4.78, 5) is 39.9. The Bertz CT molecular complexity index is 968. The first-order chi connectivity index (χ1) is 15.0. The van der Waals surface area contributed by atoms with Gasteiger partial charge in [-0.05, 0) is 24.6 Å². The highest BCUT2D eigenvalue weighted by Gasteiger charge is 2.33. The molecule has 2 aliphatic rings. The van der Waals surface area contributed by atoms with Gasteiger partial charge in [0.15, 0.2) is 0 Å². The van der Waals surface area contributed by atoms with Crippen LogP contribution in [0.1, 0.15) is 53.3 Å². The number of fused-ring (bicyclic) bond motifs is 1. The number of ether oxygens (including phenoxy) is 2. The molecular formula is C23H26N2O6. The Morgan fingerprint density at radius 3 is 2.71 bits per heavy atom. The lowest BCUT2D eigenvalue weighted by Crippen LogP contribution is -2.35. The third-order valence-electron chi connectivity index (χ3n) is 5.59. The van der Waals surface area contributed by atoms with Crippen LogP contribution in [0.15, 0.2) is 40.8 Å². The second-order valence-corrected chi connectivity index (χ2v) is 7.84. The fourth-order valence-corrected chi connectivity index (χ4v) is 4.02. The number of carbonyl (C=O) groups excluding carboxylic acids is 3. The van der Waals surface area contributed by atoms with Crippen LogP contribution >= 0.6 is 0 Å². The molecule has 0 N–H and O–H groups in total. The molecule has 2 aliphatic heterocycles. The first-order valence-corrected chi connectivity index (χ1v) is 10.5. The lowest BCUT2D eigenvalue weighted by Gasteiger charge is -2.23. The van der Waals surface area contributed by atoms with Crippen LogP contribution in [0.3, 0.4) is 0 Å². The molecule has 1 saturated heterocycles. The molecule has 1 unspecified atom stereocenters. The minimum absolute atomic E-state index is 0.00183. The Labute approximate surface area is 180 Å². The van der Waals surface area contributed by atoms with Crippen molar-refractivity contribution in [3.63, 3.8) is 0 Å². The average molecular weight is 426 g/mol. The van der Waals surface area contributed by atoms with Crippen molar-refractivity contribution in [3.05, 3.63) is 59.0 Å². The lowest BCUT2D eigenvalue weighted by molar-refractivity contribution is -0.142. The van der Waals surface area contributed by atoms with Crippen molar-refractivity contribution < 1.29 is 28.3 Å². The molecule has 0 aliphatic carbocycles. The van der Waals surface area contributed by atoms with Crippen LogP contribution in [0.4, 0.5) is 0 Å².